The van der Waals surface area contributed by atoms with Crippen molar-refractivity contribution in [3.63, 3.8) is 0 Å². The van der Waals surface area contributed by atoms with Crippen molar-refractivity contribution in [2.75, 3.05) is 30.9 Å². The Morgan fingerprint density at radius 1 is 1.39 bits per heavy atom. The molecule has 0 radical (unpaired) electrons. The van der Waals surface area contributed by atoms with E-state index in [4.69, 9.17) is 4.74 Å². The van der Waals surface area contributed by atoms with Crippen LogP contribution in [0.5, 0.6) is 5.88 Å². The van der Waals surface area contributed by atoms with Crippen LogP contribution < -0.4 is 15.0 Å². The zero-order chi connectivity index (χ0) is 16.8. The van der Waals surface area contributed by atoms with E-state index in [2.05, 4.69) is 31.2 Å². The Labute approximate surface area is 144 Å². The standard InChI is InChI=1S/C16H19BrN4O2/c1-4-18-16-11(6-5-9-19-16)10-14(22)21(2)12-7-8-13(23-3)20-15(12)17/h5-9H,4,10H2,1-3H3,(H,18,19). The molecule has 1 N–H and O–H groups in total. The Kier molecular flexibility index (Phi) is 5.92. The lowest BCUT2D eigenvalue weighted by Gasteiger charge is -2.19. The van der Waals surface area contributed by atoms with Gasteiger partial charge in [0.1, 0.15) is 10.4 Å². The monoisotopic (exact) mass is 378 g/mol. The molecule has 2 heterocycles. The first-order chi connectivity index (χ1) is 11.1. The van der Waals surface area contributed by atoms with Gasteiger partial charge in [-0.25, -0.2) is 9.97 Å². The van der Waals surface area contributed by atoms with E-state index in [1.807, 2.05) is 19.1 Å². The largest absolute Gasteiger partial charge is 0.481 e. The zero-order valence-electron chi connectivity index (χ0n) is 13.3. The number of hydrogen-bond donors (Lipinski definition) is 1. The van der Waals surface area contributed by atoms with Crippen LogP contribution in [0.3, 0.4) is 0 Å². The van der Waals surface area contributed by atoms with Gasteiger partial charge in [0.2, 0.25) is 11.8 Å². The molecule has 0 atom stereocenters. The van der Waals surface area contributed by atoms with Crippen LogP contribution in [-0.2, 0) is 11.2 Å². The van der Waals surface area contributed by atoms with Gasteiger partial charge in [-0.05, 0) is 35.0 Å². The van der Waals surface area contributed by atoms with Crippen LogP contribution in [0.1, 0.15) is 12.5 Å². The SMILES string of the molecule is CCNc1ncccc1CC(=O)N(C)c1ccc(OC)nc1Br. The van der Waals surface area contributed by atoms with Gasteiger partial charge in [-0.3, -0.25) is 4.79 Å². The minimum atomic E-state index is -0.0511. The summed E-state index contributed by atoms with van der Waals surface area (Å²) in [6, 6.07) is 7.24. The molecule has 0 saturated carbocycles. The number of carbonyl (C=O) groups is 1. The van der Waals surface area contributed by atoms with Gasteiger partial charge in [0.15, 0.2) is 0 Å². The van der Waals surface area contributed by atoms with Crippen LogP contribution in [0, 0.1) is 0 Å². The highest BCUT2D eigenvalue weighted by atomic mass is 79.9. The normalized spacial score (nSPS) is 10.3. The number of pyridine rings is 2. The smallest absolute Gasteiger partial charge is 0.231 e. The fourth-order valence-corrected chi connectivity index (χ4v) is 2.67. The number of nitrogens with one attached hydrogen (secondary N) is 1. The number of carbonyl (C=O) groups excluding carboxylic acids is 1. The number of methoxy groups -OCH3 is 1. The topological polar surface area (TPSA) is 67.4 Å². The first-order valence-corrected chi connectivity index (χ1v) is 8.01. The maximum atomic E-state index is 12.6. The lowest BCUT2D eigenvalue weighted by atomic mass is 10.1. The lowest BCUT2D eigenvalue weighted by molar-refractivity contribution is -0.117. The molecule has 23 heavy (non-hydrogen) atoms. The predicted octanol–water partition coefficient (Wildman–Crippen LogP) is 2.89. The number of likely N-dealkylation sites (N-methyl/N-ethyl adjacent to an activating group) is 1. The summed E-state index contributed by atoms with van der Waals surface area (Å²) in [6.45, 7) is 2.74. The number of anilines is 2. The van der Waals surface area contributed by atoms with Gasteiger partial charge >= 0.3 is 0 Å². The van der Waals surface area contributed by atoms with E-state index >= 15 is 0 Å². The molecule has 0 aromatic carbocycles. The van der Waals surface area contributed by atoms with Crippen LogP contribution in [0.25, 0.3) is 0 Å². The molecule has 0 aliphatic carbocycles. The molecule has 1 amide bonds. The quantitative estimate of drug-likeness (QED) is 0.782. The van der Waals surface area contributed by atoms with Crippen LogP contribution in [0.2, 0.25) is 0 Å². The Balaban J connectivity index is 2.17. The maximum Gasteiger partial charge on any atom is 0.231 e. The van der Waals surface area contributed by atoms with E-state index in [1.54, 1.807) is 37.4 Å². The van der Waals surface area contributed by atoms with Crippen molar-refractivity contribution >= 4 is 33.3 Å². The highest BCUT2D eigenvalue weighted by molar-refractivity contribution is 9.10. The summed E-state index contributed by atoms with van der Waals surface area (Å²) in [4.78, 5) is 22.6. The van der Waals surface area contributed by atoms with Gasteiger partial charge in [0, 0.05) is 31.4 Å². The maximum absolute atomic E-state index is 12.6. The molecule has 6 nitrogen and oxygen atoms in total. The van der Waals surface area contributed by atoms with Crippen molar-refractivity contribution in [3.05, 3.63) is 40.6 Å². The first kappa shape index (κ1) is 17.2. The van der Waals surface area contributed by atoms with Crippen molar-refractivity contribution in [1.82, 2.24) is 9.97 Å². The second-order valence-corrected chi connectivity index (χ2v) is 5.59. The number of aromatic nitrogens is 2. The van der Waals surface area contributed by atoms with E-state index in [9.17, 15) is 4.79 Å². The van der Waals surface area contributed by atoms with Gasteiger partial charge in [-0.15, -0.1) is 0 Å². The van der Waals surface area contributed by atoms with Crippen molar-refractivity contribution < 1.29 is 9.53 Å². The summed E-state index contributed by atoms with van der Waals surface area (Å²) >= 11 is 3.37. The minimum Gasteiger partial charge on any atom is -0.481 e. The van der Waals surface area contributed by atoms with E-state index in [0.29, 0.717) is 16.2 Å². The number of amides is 1. The Morgan fingerprint density at radius 3 is 2.83 bits per heavy atom. The first-order valence-electron chi connectivity index (χ1n) is 7.21. The average molecular weight is 379 g/mol. The second-order valence-electron chi connectivity index (χ2n) is 4.83. The van der Waals surface area contributed by atoms with E-state index < -0.39 is 0 Å². The number of nitrogens with zero attached hydrogens (tertiary/aromatic N) is 3. The number of ether oxygens (including phenoxy) is 1. The number of halogens is 1. The van der Waals surface area contributed by atoms with E-state index in [0.717, 1.165) is 17.9 Å². The number of hydrogen-bond acceptors (Lipinski definition) is 5. The summed E-state index contributed by atoms with van der Waals surface area (Å²) in [5.74, 6) is 1.18. The zero-order valence-corrected chi connectivity index (χ0v) is 14.9. The molecule has 2 rings (SSSR count). The summed E-state index contributed by atoms with van der Waals surface area (Å²) in [7, 11) is 3.27. The summed E-state index contributed by atoms with van der Waals surface area (Å²) in [5, 5.41) is 3.17. The van der Waals surface area contributed by atoms with Crippen LogP contribution in [0.4, 0.5) is 11.5 Å². The predicted molar refractivity (Wildman–Crippen MR) is 94.0 cm³/mol. The lowest BCUT2D eigenvalue weighted by Crippen LogP contribution is -2.28. The highest BCUT2D eigenvalue weighted by Crippen LogP contribution is 2.26. The van der Waals surface area contributed by atoms with Crippen LogP contribution in [0.15, 0.2) is 35.1 Å². The van der Waals surface area contributed by atoms with Crippen LogP contribution >= 0.6 is 15.9 Å². The van der Waals surface area contributed by atoms with Crippen LogP contribution in [-0.4, -0.2) is 36.6 Å². The summed E-state index contributed by atoms with van der Waals surface area (Å²) in [6.07, 6.45) is 1.96. The third kappa shape index (κ3) is 4.19. The van der Waals surface area contributed by atoms with Crippen molar-refractivity contribution in [2.24, 2.45) is 0 Å². The Hall–Kier alpha value is -2.15. The highest BCUT2D eigenvalue weighted by Gasteiger charge is 2.17. The van der Waals surface area contributed by atoms with Gasteiger partial charge < -0.3 is 15.0 Å². The molecule has 0 spiro atoms. The molecule has 0 aliphatic heterocycles. The Bertz CT molecular complexity index is 694. The fourth-order valence-electron chi connectivity index (χ4n) is 2.10. The molecule has 0 unspecified atom stereocenters. The fraction of sp³-hybridized carbons (Fsp3) is 0.312. The third-order valence-electron chi connectivity index (χ3n) is 3.33. The van der Waals surface area contributed by atoms with Crippen molar-refractivity contribution in [1.29, 1.82) is 0 Å². The molecule has 2 aromatic heterocycles. The number of rotatable bonds is 6. The third-order valence-corrected chi connectivity index (χ3v) is 3.91. The van der Waals surface area contributed by atoms with Crippen molar-refractivity contribution in [3.8, 4) is 5.88 Å². The second kappa shape index (κ2) is 7.92. The Morgan fingerprint density at radius 2 is 2.17 bits per heavy atom. The van der Waals surface area contributed by atoms with Gasteiger partial charge in [-0.2, -0.15) is 0 Å². The molecule has 0 aliphatic rings. The van der Waals surface area contributed by atoms with Gasteiger partial charge in [-0.1, -0.05) is 6.07 Å². The summed E-state index contributed by atoms with van der Waals surface area (Å²) in [5.41, 5.74) is 1.55. The molecule has 7 heteroatoms. The van der Waals surface area contributed by atoms with Gasteiger partial charge in [0.25, 0.3) is 0 Å². The van der Waals surface area contributed by atoms with Gasteiger partial charge in [0.05, 0.1) is 19.2 Å². The van der Waals surface area contributed by atoms with E-state index in [1.165, 1.54) is 0 Å². The average Bonchev–Trinajstić information content (AvgIpc) is 2.56. The molecule has 2 aromatic rings. The molecular formula is C16H19BrN4O2. The molecular weight excluding hydrogens is 360 g/mol. The van der Waals surface area contributed by atoms with E-state index in [-0.39, 0.29) is 12.3 Å². The molecule has 0 bridgehead atoms. The van der Waals surface area contributed by atoms with Crippen molar-refractivity contribution in [2.45, 2.75) is 13.3 Å². The minimum absolute atomic E-state index is 0.0511. The molecule has 122 valence electrons. The molecule has 0 fully saturated rings. The molecule has 0 saturated heterocycles. The summed E-state index contributed by atoms with van der Waals surface area (Å²) < 4.78 is 5.63.